The van der Waals surface area contributed by atoms with Crippen molar-refractivity contribution in [2.75, 3.05) is 11.9 Å². The summed E-state index contributed by atoms with van der Waals surface area (Å²) in [5.74, 6) is 0.386. The number of para-hydroxylation sites is 1. The van der Waals surface area contributed by atoms with Gasteiger partial charge in [0.15, 0.2) is 6.61 Å². The number of benzene rings is 2. The molecule has 4 heteroatoms. The lowest BCUT2D eigenvalue weighted by Crippen LogP contribution is -2.21. The molecule has 104 valence electrons. The first kappa shape index (κ1) is 14.4. The molecular formula is C16H16ClNO2. The molecule has 0 radical (unpaired) electrons. The zero-order valence-corrected chi connectivity index (χ0v) is 12.2. The van der Waals surface area contributed by atoms with E-state index in [1.807, 2.05) is 32.0 Å². The summed E-state index contributed by atoms with van der Waals surface area (Å²) in [5, 5.41) is 3.45. The highest BCUT2D eigenvalue weighted by molar-refractivity contribution is 6.30. The molecule has 0 unspecified atom stereocenters. The van der Waals surface area contributed by atoms with E-state index in [1.165, 1.54) is 0 Å². The molecule has 0 aliphatic heterocycles. The van der Waals surface area contributed by atoms with E-state index in [-0.39, 0.29) is 12.5 Å². The highest BCUT2D eigenvalue weighted by Crippen LogP contribution is 2.20. The fourth-order valence-electron chi connectivity index (χ4n) is 1.89. The summed E-state index contributed by atoms with van der Waals surface area (Å²) in [6, 6.07) is 12.8. The fourth-order valence-corrected chi connectivity index (χ4v) is 2.07. The Kier molecular flexibility index (Phi) is 4.64. The molecule has 0 saturated heterocycles. The summed E-state index contributed by atoms with van der Waals surface area (Å²) in [4.78, 5) is 11.9. The number of anilines is 1. The van der Waals surface area contributed by atoms with Crippen molar-refractivity contribution in [1.29, 1.82) is 0 Å². The first-order chi connectivity index (χ1) is 9.56. The number of halogens is 1. The first-order valence-corrected chi connectivity index (χ1v) is 6.68. The predicted octanol–water partition coefficient (Wildman–Crippen LogP) is 3.97. The van der Waals surface area contributed by atoms with Crippen molar-refractivity contribution < 1.29 is 9.53 Å². The maximum absolute atomic E-state index is 11.9. The second-order valence-electron chi connectivity index (χ2n) is 4.56. The Morgan fingerprint density at radius 1 is 1.15 bits per heavy atom. The lowest BCUT2D eigenvalue weighted by Gasteiger charge is -2.12. The Morgan fingerprint density at radius 2 is 1.80 bits per heavy atom. The van der Waals surface area contributed by atoms with Crippen LogP contribution in [-0.4, -0.2) is 12.5 Å². The molecule has 1 N–H and O–H groups in total. The normalized spacial score (nSPS) is 10.2. The van der Waals surface area contributed by atoms with Crippen molar-refractivity contribution in [2.24, 2.45) is 0 Å². The molecule has 2 aromatic carbocycles. The number of carbonyl (C=O) groups excluding carboxylic acids is 1. The van der Waals surface area contributed by atoms with Crippen LogP contribution in [0.5, 0.6) is 5.75 Å². The van der Waals surface area contributed by atoms with E-state index in [0.29, 0.717) is 10.8 Å². The van der Waals surface area contributed by atoms with Gasteiger partial charge >= 0.3 is 0 Å². The van der Waals surface area contributed by atoms with Crippen LogP contribution in [0.25, 0.3) is 0 Å². The van der Waals surface area contributed by atoms with Gasteiger partial charge < -0.3 is 10.1 Å². The smallest absolute Gasteiger partial charge is 0.262 e. The van der Waals surface area contributed by atoms with Crippen LogP contribution in [0.2, 0.25) is 5.02 Å². The minimum absolute atomic E-state index is 0.0475. The third-order valence-corrected chi connectivity index (χ3v) is 3.15. The van der Waals surface area contributed by atoms with Crippen molar-refractivity contribution in [3.05, 3.63) is 58.6 Å². The average Bonchev–Trinajstić information content (AvgIpc) is 2.41. The molecule has 0 aliphatic rings. The number of hydrogen-bond acceptors (Lipinski definition) is 2. The number of carbonyl (C=O) groups is 1. The molecule has 0 spiro atoms. The fraction of sp³-hybridized carbons (Fsp3) is 0.188. The predicted molar refractivity (Wildman–Crippen MR) is 81.5 cm³/mol. The summed E-state index contributed by atoms with van der Waals surface area (Å²) in [6.07, 6.45) is 0. The summed E-state index contributed by atoms with van der Waals surface area (Å²) < 4.78 is 5.40. The maximum atomic E-state index is 11.9. The van der Waals surface area contributed by atoms with Crippen LogP contribution in [-0.2, 0) is 4.79 Å². The van der Waals surface area contributed by atoms with Crippen LogP contribution in [0.15, 0.2) is 42.5 Å². The van der Waals surface area contributed by atoms with E-state index < -0.39 is 0 Å². The number of rotatable bonds is 4. The number of ether oxygens (including phenoxy) is 1. The molecule has 0 fully saturated rings. The van der Waals surface area contributed by atoms with Gasteiger partial charge in [-0.25, -0.2) is 0 Å². The average molecular weight is 290 g/mol. The highest BCUT2D eigenvalue weighted by atomic mass is 35.5. The topological polar surface area (TPSA) is 38.3 Å². The lowest BCUT2D eigenvalue weighted by atomic mass is 10.1. The van der Waals surface area contributed by atoms with Crippen LogP contribution in [0, 0.1) is 13.8 Å². The highest BCUT2D eigenvalue weighted by Gasteiger charge is 2.08. The van der Waals surface area contributed by atoms with Gasteiger partial charge in [-0.2, -0.15) is 0 Å². The van der Waals surface area contributed by atoms with Gasteiger partial charge in [0.25, 0.3) is 5.91 Å². The lowest BCUT2D eigenvalue weighted by molar-refractivity contribution is -0.118. The van der Waals surface area contributed by atoms with Gasteiger partial charge in [-0.05, 0) is 43.2 Å². The van der Waals surface area contributed by atoms with E-state index in [2.05, 4.69) is 5.32 Å². The number of hydrogen-bond donors (Lipinski definition) is 1. The monoisotopic (exact) mass is 289 g/mol. The molecule has 0 bridgehead atoms. The van der Waals surface area contributed by atoms with Gasteiger partial charge in [0.2, 0.25) is 0 Å². The van der Waals surface area contributed by atoms with Gasteiger partial charge in [-0.3, -0.25) is 4.79 Å². The third-order valence-electron chi connectivity index (χ3n) is 2.91. The van der Waals surface area contributed by atoms with Crippen LogP contribution >= 0.6 is 11.6 Å². The van der Waals surface area contributed by atoms with Crippen molar-refractivity contribution in [2.45, 2.75) is 13.8 Å². The summed E-state index contributed by atoms with van der Waals surface area (Å²) in [6.45, 7) is 3.87. The first-order valence-electron chi connectivity index (χ1n) is 6.30. The molecule has 20 heavy (non-hydrogen) atoms. The van der Waals surface area contributed by atoms with Crippen molar-refractivity contribution in [3.63, 3.8) is 0 Å². The van der Waals surface area contributed by atoms with Crippen LogP contribution < -0.4 is 10.1 Å². The minimum Gasteiger partial charge on any atom is -0.484 e. The van der Waals surface area contributed by atoms with Crippen LogP contribution in [0.1, 0.15) is 11.1 Å². The second kappa shape index (κ2) is 6.44. The quantitative estimate of drug-likeness (QED) is 0.925. The van der Waals surface area contributed by atoms with E-state index in [9.17, 15) is 4.79 Å². The summed E-state index contributed by atoms with van der Waals surface area (Å²) >= 11 is 5.85. The van der Waals surface area contributed by atoms with Gasteiger partial charge in [-0.1, -0.05) is 35.9 Å². The van der Waals surface area contributed by atoms with Crippen LogP contribution in [0.4, 0.5) is 5.69 Å². The van der Waals surface area contributed by atoms with Crippen molar-refractivity contribution in [1.82, 2.24) is 0 Å². The van der Waals surface area contributed by atoms with Gasteiger partial charge in [0.1, 0.15) is 5.75 Å². The molecule has 2 aromatic rings. The Morgan fingerprint density at radius 3 is 2.45 bits per heavy atom. The largest absolute Gasteiger partial charge is 0.484 e. The Bertz CT molecular complexity index is 605. The third kappa shape index (κ3) is 3.75. The zero-order chi connectivity index (χ0) is 14.5. The van der Waals surface area contributed by atoms with Crippen molar-refractivity contribution >= 4 is 23.2 Å². The molecule has 0 heterocycles. The molecule has 0 atom stereocenters. The Hall–Kier alpha value is -2.00. The van der Waals surface area contributed by atoms with Crippen LogP contribution in [0.3, 0.4) is 0 Å². The standard InChI is InChI=1S/C16H16ClNO2/c1-11-5-3-6-12(2)16(11)18-15(19)10-20-14-8-4-7-13(17)9-14/h3-9H,10H2,1-2H3,(H,18,19). The van der Waals surface area contributed by atoms with E-state index in [1.54, 1.807) is 24.3 Å². The Balaban J connectivity index is 1.96. The van der Waals surface area contributed by atoms with Crippen molar-refractivity contribution in [3.8, 4) is 5.75 Å². The van der Waals surface area contributed by atoms with Gasteiger partial charge in [0, 0.05) is 10.7 Å². The van der Waals surface area contributed by atoms with Gasteiger partial charge in [0.05, 0.1) is 0 Å². The summed E-state index contributed by atoms with van der Waals surface area (Å²) in [5.41, 5.74) is 2.90. The molecular weight excluding hydrogens is 274 g/mol. The number of aryl methyl sites for hydroxylation is 2. The number of nitrogens with one attached hydrogen (secondary N) is 1. The molecule has 2 rings (SSSR count). The summed E-state index contributed by atoms with van der Waals surface area (Å²) in [7, 11) is 0. The molecule has 0 aromatic heterocycles. The second-order valence-corrected chi connectivity index (χ2v) is 5.00. The maximum Gasteiger partial charge on any atom is 0.262 e. The molecule has 3 nitrogen and oxygen atoms in total. The molecule has 0 saturated carbocycles. The SMILES string of the molecule is Cc1cccc(C)c1NC(=O)COc1cccc(Cl)c1. The van der Waals surface area contributed by atoms with Gasteiger partial charge in [-0.15, -0.1) is 0 Å². The Labute approximate surface area is 123 Å². The van der Waals surface area contributed by atoms with E-state index >= 15 is 0 Å². The zero-order valence-electron chi connectivity index (χ0n) is 11.4. The minimum atomic E-state index is -0.192. The van der Waals surface area contributed by atoms with E-state index in [4.69, 9.17) is 16.3 Å². The van der Waals surface area contributed by atoms with E-state index in [0.717, 1.165) is 16.8 Å². The molecule has 1 amide bonds. The number of amides is 1. The molecule has 0 aliphatic carbocycles.